The van der Waals surface area contributed by atoms with Gasteiger partial charge < -0.3 is 33.3 Å². The number of aliphatic carboxylic acids is 1. The van der Waals surface area contributed by atoms with E-state index in [0.717, 1.165) is 5.56 Å². The average molecular weight is 579 g/mol. The van der Waals surface area contributed by atoms with Gasteiger partial charge in [0, 0.05) is 35.5 Å². The van der Waals surface area contributed by atoms with Crippen molar-refractivity contribution in [1.29, 1.82) is 0 Å². The summed E-state index contributed by atoms with van der Waals surface area (Å²) in [6.07, 6.45) is 1.42. The van der Waals surface area contributed by atoms with Crippen LogP contribution in [-0.4, -0.2) is 41.2 Å². The molecule has 0 fully saturated rings. The van der Waals surface area contributed by atoms with Gasteiger partial charge in [0.2, 0.25) is 0 Å². The molecule has 0 radical (unpaired) electrons. The summed E-state index contributed by atoms with van der Waals surface area (Å²) >= 11 is 0. The summed E-state index contributed by atoms with van der Waals surface area (Å²) in [5, 5.41) is 12.0. The Labute approximate surface area is 262 Å². The van der Waals surface area contributed by atoms with E-state index < -0.39 is 26.1 Å². The fraction of sp³-hybridized carbons (Fsp3) is 0.516. The molecule has 0 saturated carbocycles. The van der Waals surface area contributed by atoms with E-state index >= 15 is 0 Å². The Morgan fingerprint density at radius 1 is 1.07 bits per heavy atom. The number of rotatable bonds is 11. The van der Waals surface area contributed by atoms with Crippen LogP contribution in [0.3, 0.4) is 0 Å². The maximum atomic E-state index is 12.0. The largest absolute Gasteiger partial charge is 1.00 e. The standard InChI is InChI=1S/C31H44O7Si.Na/c1-20-27(36-18-22-14-12-11-13-15-22)26(23(16-25(32)33)29(35-8)28(20)34-7)24-17-31(6,21(2)38-24)19-37-39(9,10)30(3,4)5;/h11-15,17,21H,16,18-19H2,1-10H3,(H,32,33);/q;+1/p-1/t21-,31+;/m1./s1. The first-order valence-electron chi connectivity index (χ1n) is 13.3. The number of methoxy groups -OCH3 is 2. The normalized spacial score (nSPS) is 18.9. The Kier molecular flexibility index (Phi) is 11.4. The van der Waals surface area contributed by atoms with Crippen molar-refractivity contribution in [3.63, 3.8) is 0 Å². The minimum Gasteiger partial charge on any atom is -0.550 e. The van der Waals surface area contributed by atoms with E-state index in [4.69, 9.17) is 23.4 Å². The van der Waals surface area contributed by atoms with Crippen LogP contribution in [0.25, 0.3) is 5.76 Å². The number of carbonyl (C=O) groups excluding carboxylic acids is 1. The first-order valence-corrected chi connectivity index (χ1v) is 16.2. The van der Waals surface area contributed by atoms with Crippen molar-refractivity contribution in [3.8, 4) is 17.2 Å². The molecule has 2 aromatic rings. The van der Waals surface area contributed by atoms with Crippen LogP contribution in [0.15, 0.2) is 36.4 Å². The van der Waals surface area contributed by atoms with E-state index in [9.17, 15) is 9.90 Å². The Balaban J connectivity index is 0.00000560. The summed E-state index contributed by atoms with van der Waals surface area (Å²) in [5.41, 5.74) is 2.14. The van der Waals surface area contributed by atoms with Crippen LogP contribution >= 0.6 is 0 Å². The monoisotopic (exact) mass is 578 g/mol. The molecule has 0 aliphatic carbocycles. The zero-order valence-corrected chi connectivity index (χ0v) is 29.0. The van der Waals surface area contributed by atoms with Crippen molar-refractivity contribution in [2.45, 2.75) is 78.8 Å². The Bertz CT molecular complexity index is 1220. The van der Waals surface area contributed by atoms with Crippen molar-refractivity contribution < 1.29 is 62.8 Å². The molecule has 0 aromatic heterocycles. The third kappa shape index (κ3) is 7.26. The van der Waals surface area contributed by atoms with Gasteiger partial charge in [0.15, 0.2) is 19.8 Å². The first-order chi connectivity index (χ1) is 18.1. The average Bonchev–Trinajstić information content (AvgIpc) is 3.16. The molecule has 0 spiro atoms. The van der Waals surface area contributed by atoms with Crippen LogP contribution in [0.1, 0.15) is 56.9 Å². The number of benzene rings is 2. The van der Waals surface area contributed by atoms with Crippen molar-refractivity contribution in [2.24, 2.45) is 5.41 Å². The predicted octanol–water partition coefficient (Wildman–Crippen LogP) is 2.68. The molecule has 0 unspecified atom stereocenters. The van der Waals surface area contributed by atoms with Gasteiger partial charge in [-0.3, -0.25) is 0 Å². The number of carboxylic acids is 1. The van der Waals surface area contributed by atoms with Crippen LogP contribution in [-0.2, 0) is 27.0 Å². The predicted molar refractivity (Wildman–Crippen MR) is 154 cm³/mol. The van der Waals surface area contributed by atoms with Gasteiger partial charge in [-0.15, -0.1) is 0 Å². The van der Waals surface area contributed by atoms with Crippen LogP contribution < -0.4 is 48.9 Å². The molecule has 40 heavy (non-hydrogen) atoms. The molecule has 0 N–H and O–H groups in total. The van der Waals surface area contributed by atoms with Crippen LogP contribution in [0, 0.1) is 12.3 Å². The topological polar surface area (TPSA) is 86.3 Å². The zero-order valence-electron chi connectivity index (χ0n) is 26.0. The van der Waals surface area contributed by atoms with Crippen molar-refractivity contribution in [1.82, 2.24) is 0 Å². The van der Waals surface area contributed by atoms with Crippen molar-refractivity contribution in [2.75, 3.05) is 20.8 Å². The summed E-state index contributed by atoms with van der Waals surface area (Å²) in [7, 11) is 1.01. The van der Waals surface area contributed by atoms with E-state index in [1.807, 2.05) is 50.3 Å². The van der Waals surface area contributed by atoms with Gasteiger partial charge in [-0.05, 0) is 43.6 Å². The fourth-order valence-electron chi connectivity index (χ4n) is 4.41. The Morgan fingerprint density at radius 3 is 2.20 bits per heavy atom. The van der Waals surface area contributed by atoms with Gasteiger partial charge in [0.05, 0.1) is 19.8 Å². The van der Waals surface area contributed by atoms with Gasteiger partial charge in [-0.25, -0.2) is 0 Å². The number of carbonyl (C=O) groups is 1. The Hall–Kier alpha value is -1.97. The van der Waals surface area contributed by atoms with Crippen LogP contribution in [0.5, 0.6) is 17.2 Å². The molecule has 1 aliphatic heterocycles. The summed E-state index contributed by atoms with van der Waals surface area (Å²) in [6.45, 7) is 17.8. The second-order valence-electron chi connectivity index (χ2n) is 12.0. The van der Waals surface area contributed by atoms with E-state index in [0.29, 0.717) is 46.3 Å². The van der Waals surface area contributed by atoms with E-state index in [1.165, 1.54) is 14.2 Å². The van der Waals surface area contributed by atoms with Crippen LogP contribution in [0.4, 0.5) is 0 Å². The van der Waals surface area contributed by atoms with Crippen LogP contribution in [0.2, 0.25) is 18.1 Å². The summed E-state index contributed by atoms with van der Waals surface area (Å²) < 4.78 is 30.8. The maximum absolute atomic E-state index is 12.0. The second-order valence-corrected chi connectivity index (χ2v) is 16.8. The van der Waals surface area contributed by atoms with E-state index in [1.54, 1.807) is 0 Å². The molecule has 9 heteroatoms. The van der Waals surface area contributed by atoms with Gasteiger partial charge in [0.25, 0.3) is 0 Å². The van der Waals surface area contributed by atoms with Gasteiger partial charge in [-0.1, -0.05) is 58.0 Å². The number of ether oxygens (including phenoxy) is 4. The quantitative estimate of drug-likeness (QED) is 0.379. The number of hydrogen-bond acceptors (Lipinski definition) is 7. The molecule has 0 bridgehead atoms. The molecule has 1 heterocycles. The molecule has 214 valence electrons. The molecule has 0 amide bonds. The SMILES string of the molecule is COc1c(C)c(OCc2ccccc2)c(C2=C[C@@](C)(CO[Si](C)(C)C(C)(C)C)[C@@H](C)O2)c(CC(=O)[O-])c1OC.[Na+]. The van der Waals surface area contributed by atoms with Gasteiger partial charge in [-0.2, -0.15) is 0 Å². The fourth-order valence-corrected chi connectivity index (χ4v) is 5.52. The summed E-state index contributed by atoms with van der Waals surface area (Å²) in [5.74, 6) is 0.513. The van der Waals surface area contributed by atoms with Crippen molar-refractivity contribution >= 4 is 20.0 Å². The summed E-state index contributed by atoms with van der Waals surface area (Å²) in [6, 6.07) is 9.78. The molecule has 2 aromatic carbocycles. The third-order valence-electron chi connectivity index (χ3n) is 8.14. The molecule has 7 nitrogen and oxygen atoms in total. The first kappa shape index (κ1) is 34.2. The van der Waals surface area contributed by atoms with E-state index in [-0.39, 0.29) is 47.3 Å². The molecular formula is C31H43NaO7Si. The molecule has 3 rings (SSSR count). The van der Waals surface area contributed by atoms with Crippen molar-refractivity contribution in [3.05, 3.63) is 58.7 Å². The Morgan fingerprint density at radius 2 is 1.68 bits per heavy atom. The third-order valence-corrected chi connectivity index (χ3v) is 12.6. The molecule has 0 saturated heterocycles. The minimum atomic E-state index is -2.01. The second kappa shape index (κ2) is 13.3. The summed E-state index contributed by atoms with van der Waals surface area (Å²) in [4.78, 5) is 12.0. The smallest absolute Gasteiger partial charge is 0.550 e. The molecule has 2 atom stereocenters. The minimum absolute atomic E-state index is 0. The maximum Gasteiger partial charge on any atom is 1.00 e. The van der Waals surface area contributed by atoms with Gasteiger partial charge in [0.1, 0.15) is 24.2 Å². The number of hydrogen-bond donors (Lipinski definition) is 0. The molecular weight excluding hydrogens is 535 g/mol. The van der Waals surface area contributed by atoms with E-state index in [2.05, 4.69) is 40.8 Å². The molecule has 1 aliphatic rings. The number of carboxylic acid groups (broad SMARTS) is 1. The zero-order chi connectivity index (χ0) is 29.2. The van der Waals surface area contributed by atoms with Gasteiger partial charge >= 0.3 is 29.6 Å².